The molecule has 26 heavy (non-hydrogen) atoms. The van der Waals surface area contributed by atoms with Crippen LogP contribution in [-0.4, -0.2) is 37.9 Å². The highest BCUT2D eigenvalue weighted by Gasteiger charge is 2.03. The molecule has 7 nitrogen and oxygen atoms in total. The Kier molecular flexibility index (Phi) is 10.5. The number of ether oxygens (including phenoxy) is 2. The molecule has 144 valence electrons. The first-order valence-electron chi connectivity index (χ1n) is 8.48. The van der Waals surface area contributed by atoms with Crippen LogP contribution in [0.2, 0.25) is 0 Å². The van der Waals surface area contributed by atoms with Gasteiger partial charge in [-0.3, -0.25) is 0 Å². The molecule has 8 heteroatoms. The number of aromatic nitrogens is 1. The predicted octanol–water partition coefficient (Wildman–Crippen LogP) is 3.00. The fraction of sp³-hybridized carbons (Fsp3) is 0.444. The Morgan fingerprint density at radius 3 is 2.50 bits per heavy atom. The van der Waals surface area contributed by atoms with Crippen LogP contribution in [0.25, 0.3) is 0 Å². The lowest BCUT2D eigenvalue weighted by atomic mass is 10.3. The summed E-state index contributed by atoms with van der Waals surface area (Å²) in [6.45, 7) is 6.45. The highest BCUT2D eigenvalue weighted by molar-refractivity contribution is 14.0. The Morgan fingerprint density at radius 1 is 1.15 bits per heavy atom. The molecule has 2 rings (SSSR count). The molecule has 0 aliphatic rings. The molecule has 0 aliphatic carbocycles. The van der Waals surface area contributed by atoms with E-state index in [4.69, 9.17) is 14.0 Å². The van der Waals surface area contributed by atoms with E-state index in [-0.39, 0.29) is 24.0 Å². The van der Waals surface area contributed by atoms with Gasteiger partial charge >= 0.3 is 0 Å². The van der Waals surface area contributed by atoms with E-state index in [2.05, 4.69) is 20.8 Å². The van der Waals surface area contributed by atoms with Crippen LogP contribution in [0, 0.1) is 0 Å². The number of guanidine groups is 1. The summed E-state index contributed by atoms with van der Waals surface area (Å²) in [6, 6.07) is 9.44. The van der Waals surface area contributed by atoms with Gasteiger partial charge in [0.2, 0.25) is 0 Å². The first-order valence-corrected chi connectivity index (χ1v) is 8.48. The van der Waals surface area contributed by atoms with Gasteiger partial charge in [0.1, 0.15) is 24.7 Å². The van der Waals surface area contributed by atoms with E-state index in [1.165, 1.54) is 0 Å². The van der Waals surface area contributed by atoms with Gasteiger partial charge in [-0.05, 0) is 37.6 Å². The number of halogens is 1. The van der Waals surface area contributed by atoms with Crippen molar-refractivity contribution in [1.29, 1.82) is 0 Å². The second kappa shape index (κ2) is 12.4. The zero-order valence-corrected chi connectivity index (χ0v) is 17.8. The van der Waals surface area contributed by atoms with Crippen LogP contribution in [0.3, 0.4) is 0 Å². The number of methoxy groups -OCH3 is 1. The molecule has 0 bridgehead atoms. The Labute approximate surface area is 171 Å². The largest absolute Gasteiger partial charge is 0.497 e. The van der Waals surface area contributed by atoms with Gasteiger partial charge in [-0.15, -0.1) is 24.0 Å². The van der Waals surface area contributed by atoms with Gasteiger partial charge in [0.05, 0.1) is 19.3 Å². The molecule has 0 saturated carbocycles. The number of rotatable bonds is 9. The van der Waals surface area contributed by atoms with Crippen molar-refractivity contribution in [2.45, 2.75) is 26.8 Å². The summed E-state index contributed by atoms with van der Waals surface area (Å²) in [7, 11) is 1.64. The molecule has 1 aromatic heterocycles. The molecule has 0 amide bonds. The van der Waals surface area contributed by atoms with Gasteiger partial charge in [0.15, 0.2) is 11.7 Å². The van der Waals surface area contributed by atoms with Crippen molar-refractivity contribution in [3.05, 3.63) is 41.8 Å². The minimum atomic E-state index is 0. The van der Waals surface area contributed by atoms with Crippen LogP contribution in [0.5, 0.6) is 11.5 Å². The number of aliphatic imine (C=N–C) groups is 1. The number of benzene rings is 1. The second-order valence-corrected chi connectivity index (χ2v) is 5.28. The SMILES string of the molecule is CCNC(=NCc1cc(CC)no1)NCCOc1ccc(OC)cc1.I. The van der Waals surface area contributed by atoms with E-state index < -0.39 is 0 Å². The summed E-state index contributed by atoms with van der Waals surface area (Å²) in [5.41, 5.74) is 0.941. The van der Waals surface area contributed by atoms with E-state index in [1.807, 2.05) is 44.2 Å². The zero-order valence-electron chi connectivity index (χ0n) is 15.4. The summed E-state index contributed by atoms with van der Waals surface area (Å²) in [5, 5.41) is 10.4. The Hall–Kier alpha value is -1.97. The van der Waals surface area contributed by atoms with E-state index in [1.54, 1.807) is 7.11 Å². The van der Waals surface area contributed by atoms with Crippen LogP contribution in [0.1, 0.15) is 25.3 Å². The maximum Gasteiger partial charge on any atom is 0.191 e. The van der Waals surface area contributed by atoms with Crippen LogP contribution >= 0.6 is 24.0 Å². The maximum absolute atomic E-state index is 5.69. The molecule has 0 fully saturated rings. The first kappa shape index (κ1) is 22.1. The molecule has 0 aliphatic heterocycles. The van der Waals surface area contributed by atoms with Gasteiger partial charge in [-0.25, -0.2) is 4.99 Å². The monoisotopic (exact) mass is 474 g/mol. The molecule has 1 aromatic carbocycles. The summed E-state index contributed by atoms with van der Waals surface area (Å²) in [5.74, 6) is 3.09. The summed E-state index contributed by atoms with van der Waals surface area (Å²) in [6.07, 6.45) is 0.855. The third kappa shape index (κ3) is 7.51. The van der Waals surface area contributed by atoms with E-state index in [0.717, 1.165) is 41.9 Å². The van der Waals surface area contributed by atoms with Gasteiger partial charge in [0.25, 0.3) is 0 Å². The number of hydrogen-bond donors (Lipinski definition) is 2. The molecule has 0 atom stereocenters. The third-order valence-electron chi connectivity index (χ3n) is 3.43. The normalized spacial score (nSPS) is 10.8. The molecular weight excluding hydrogens is 447 g/mol. The zero-order chi connectivity index (χ0) is 17.9. The topological polar surface area (TPSA) is 80.9 Å². The quantitative estimate of drug-likeness (QED) is 0.252. The molecule has 2 N–H and O–H groups in total. The Balaban J connectivity index is 0.00000338. The van der Waals surface area contributed by atoms with Crippen molar-refractivity contribution in [1.82, 2.24) is 15.8 Å². The molecule has 0 radical (unpaired) electrons. The lowest BCUT2D eigenvalue weighted by Gasteiger charge is -2.12. The van der Waals surface area contributed by atoms with Crippen molar-refractivity contribution >= 4 is 29.9 Å². The highest BCUT2D eigenvalue weighted by Crippen LogP contribution is 2.16. The molecule has 2 aromatic rings. The fourth-order valence-corrected chi connectivity index (χ4v) is 2.11. The number of hydrogen-bond acceptors (Lipinski definition) is 5. The molecular formula is C18H27IN4O3. The maximum atomic E-state index is 5.69. The van der Waals surface area contributed by atoms with Crippen LogP contribution in [0.15, 0.2) is 39.8 Å². The van der Waals surface area contributed by atoms with Crippen LogP contribution < -0.4 is 20.1 Å². The lowest BCUT2D eigenvalue weighted by molar-refractivity contribution is 0.321. The van der Waals surface area contributed by atoms with Gasteiger partial charge in [0, 0.05) is 12.6 Å². The summed E-state index contributed by atoms with van der Waals surface area (Å²) in [4.78, 5) is 4.49. The van der Waals surface area contributed by atoms with Crippen LogP contribution in [-0.2, 0) is 13.0 Å². The van der Waals surface area contributed by atoms with Gasteiger partial charge < -0.3 is 24.6 Å². The standard InChI is InChI=1S/C18H26N4O3.HI/c1-4-14-12-17(25-22-14)13-21-18(19-5-2)20-10-11-24-16-8-6-15(23-3)7-9-16;/h6-9,12H,4-5,10-11,13H2,1-3H3,(H2,19,20,21);1H. The molecule has 0 unspecified atom stereocenters. The third-order valence-corrected chi connectivity index (χ3v) is 3.43. The lowest BCUT2D eigenvalue weighted by Crippen LogP contribution is -2.39. The van der Waals surface area contributed by atoms with Crippen molar-refractivity contribution < 1.29 is 14.0 Å². The summed E-state index contributed by atoms with van der Waals surface area (Å²) >= 11 is 0. The van der Waals surface area contributed by atoms with E-state index >= 15 is 0 Å². The number of nitrogens with zero attached hydrogens (tertiary/aromatic N) is 2. The van der Waals surface area contributed by atoms with Gasteiger partial charge in [-0.1, -0.05) is 12.1 Å². The Morgan fingerprint density at radius 2 is 1.88 bits per heavy atom. The van der Waals surface area contributed by atoms with Crippen molar-refractivity contribution in [3.63, 3.8) is 0 Å². The van der Waals surface area contributed by atoms with Gasteiger partial charge in [-0.2, -0.15) is 0 Å². The second-order valence-electron chi connectivity index (χ2n) is 5.28. The smallest absolute Gasteiger partial charge is 0.191 e. The summed E-state index contributed by atoms with van der Waals surface area (Å²) < 4.78 is 16.0. The average Bonchev–Trinajstić information content (AvgIpc) is 3.11. The van der Waals surface area contributed by atoms with Crippen molar-refractivity contribution in [3.8, 4) is 11.5 Å². The number of nitrogens with one attached hydrogen (secondary N) is 2. The average molecular weight is 474 g/mol. The van der Waals surface area contributed by atoms with Crippen molar-refractivity contribution in [2.24, 2.45) is 4.99 Å². The minimum Gasteiger partial charge on any atom is -0.497 e. The highest BCUT2D eigenvalue weighted by atomic mass is 127. The van der Waals surface area contributed by atoms with Crippen LogP contribution in [0.4, 0.5) is 0 Å². The van der Waals surface area contributed by atoms with E-state index in [0.29, 0.717) is 19.7 Å². The first-order chi connectivity index (χ1) is 12.2. The molecule has 1 heterocycles. The Bertz CT molecular complexity index is 659. The van der Waals surface area contributed by atoms with Crippen molar-refractivity contribution in [2.75, 3.05) is 26.8 Å². The predicted molar refractivity (Wildman–Crippen MR) is 113 cm³/mol. The van der Waals surface area contributed by atoms with E-state index in [9.17, 15) is 0 Å². The molecule has 0 saturated heterocycles. The fourth-order valence-electron chi connectivity index (χ4n) is 2.11. The number of aryl methyl sites for hydroxylation is 1. The molecule has 0 spiro atoms. The minimum absolute atomic E-state index is 0.